The summed E-state index contributed by atoms with van der Waals surface area (Å²) in [5, 5.41) is 11.3. The minimum atomic E-state index is -0.152. The van der Waals surface area contributed by atoms with Gasteiger partial charge in [-0.05, 0) is 24.6 Å². The van der Waals surface area contributed by atoms with E-state index in [1.807, 2.05) is 0 Å². The van der Waals surface area contributed by atoms with Crippen molar-refractivity contribution in [1.82, 2.24) is 5.32 Å². The highest BCUT2D eigenvalue weighted by Crippen LogP contribution is 2.32. The Labute approximate surface area is 111 Å². The molecule has 104 valence electrons. The van der Waals surface area contributed by atoms with E-state index in [9.17, 15) is 4.79 Å². The van der Waals surface area contributed by atoms with Crippen molar-refractivity contribution in [2.75, 3.05) is 33.2 Å². The fourth-order valence-corrected chi connectivity index (χ4v) is 1.68. The molecule has 0 aromatic heterocycles. The lowest BCUT2D eigenvalue weighted by Gasteiger charge is -2.06. The van der Waals surface area contributed by atoms with Crippen LogP contribution in [-0.2, 0) is 4.74 Å². The summed E-state index contributed by atoms with van der Waals surface area (Å²) in [6.45, 7) is 1.59. The molecular formula is C13H17NO5. The molecule has 1 amide bonds. The second kappa shape index (κ2) is 6.96. The molecule has 0 bridgehead atoms. The van der Waals surface area contributed by atoms with Crippen molar-refractivity contribution in [3.63, 3.8) is 0 Å². The van der Waals surface area contributed by atoms with E-state index in [1.54, 1.807) is 18.2 Å². The van der Waals surface area contributed by atoms with Crippen LogP contribution in [0.15, 0.2) is 18.2 Å². The molecule has 0 saturated heterocycles. The van der Waals surface area contributed by atoms with E-state index < -0.39 is 0 Å². The smallest absolute Gasteiger partial charge is 0.251 e. The predicted octanol–water partition coefficient (Wildman–Crippen LogP) is 0.544. The first-order valence-corrected chi connectivity index (χ1v) is 6.17. The summed E-state index contributed by atoms with van der Waals surface area (Å²) >= 11 is 0. The van der Waals surface area contributed by atoms with Gasteiger partial charge >= 0.3 is 0 Å². The first-order valence-electron chi connectivity index (χ1n) is 6.17. The van der Waals surface area contributed by atoms with Gasteiger partial charge in [-0.15, -0.1) is 0 Å². The van der Waals surface area contributed by atoms with Gasteiger partial charge in [0, 0.05) is 18.7 Å². The molecule has 0 radical (unpaired) electrons. The molecule has 6 nitrogen and oxygen atoms in total. The van der Waals surface area contributed by atoms with Gasteiger partial charge in [-0.1, -0.05) is 0 Å². The quantitative estimate of drug-likeness (QED) is 0.705. The van der Waals surface area contributed by atoms with Crippen LogP contribution in [0.1, 0.15) is 16.8 Å². The Morgan fingerprint density at radius 1 is 1.32 bits per heavy atom. The number of ether oxygens (including phenoxy) is 3. The van der Waals surface area contributed by atoms with Crippen molar-refractivity contribution >= 4 is 5.91 Å². The number of aliphatic hydroxyl groups is 1. The molecule has 6 heteroatoms. The summed E-state index contributed by atoms with van der Waals surface area (Å²) in [7, 11) is 0. The number of aliphatic hydroxyl groups excluding tert-OH is 1. The maximum absolute atomic E-state index is 11.8. The maximum atomic E-state index is 11.8. The van der Waals surface area contributed by atoms with Crippen LogP contribution >= 0.6 is 0 Å². The van der Waals surface area contributed by atoms with Crippen molar-refractivity contribution in [1.29, 1.82) is 0 Å². The Morgan fingerprint density at radius 3 is 3.00 bits per heavy atom. The number of carbonyl (C=O) groups excluding carboxylic acids is 1. The lowest BCUT2D eigenvalue weighted by molar-refractivity contribution is 0.0867. The fraction of sp³-hybridized carbons (Fsp3) is 0.462. The first kappa shape index (κ1) is 13.6. The van der Waals surface area contributed by atoms with Crippen LogP contribution in [0.25, 0.3) is 0 Å². The third-order valence-electron chi connectivity index (χ3n) is 2.62. The third kappa shape index (κ3) is 3.84. The number of nitrogens with one attached hydrogen (secondary N) is 1. The lowest BCUT2D eigenvalue weighted by Crippen LogP contribution is -2.25. The molecule has 0 unspecified atom stereocenters. The van der Waals surface area contributed by atoms with Gasteiger partial charge in [-0.25, -0.2) is 0 Å². The number of fused-ring (bicyclic) bond motifs is 1. The van der Waals surface area contributed by atoms with Gasteiger partial charge in [0.1, 0.15) is 0 Å². The largest absolute Gasteiger partial charge is 0.454 e. The van der Waals surface area contributed by atoms with E-state index in [-0.39, 0.29) is 19.3 Å². The van der Waals surface area contributed by atoms with Crippen LogP contribution in [-0.4, -0.2) is 44.2 Å². The topological polar surface area (TPSA) is 77.0 Å². The predicted molar refractivity (Wildman–Crippen MR) is 67.4 cm³/mol. The molecule has 1 aromatic rings. The fourth-order valence-electron chi connectivity index (χ4n) is 1.68. The van der Waals surface area contributed by atoms with Crippen molar-refractivity contribution in [3.8, 4) is 11.5 Å². The summed E-state index contributed by atoms with van der Waals surface area (Å²) in [5.74, 6) is 1.10. The molecule has 0 spiro atoms. The van der Waals surface area contributed by atoms with Gasteiger partial charge in [-0.3, -0.25) is 4.79 Å². The van der Waals surface area contributed by atoms with Crippen LogP contribution in [0.2, 0.25) is 0 Å². The molecule has 1 heterocycles. The Hall–Kier alpha value is -1.79. The summed E-state index contributed by atoms with van der Waals surface area (Å²) in [5.41, 5.74) is 0.542. The van der Waals surface area contributed by atoms with Gasteiger partial charge < -0.3 is 24.6 Å². The molecule has 1 aromatic carbocycles. The average Bonchev–Trinajstić information content (AvgIpc) is 2.89. The minimum Gasteiger partial charge on any atom is -0.454 e. The van der Waals surface area contributed by atoms with Crippen LogP contribution in [0, 0.1) is 0 Å². The van der Waals surface area contributed by atoms with Crippen LogP contribution in [0.5, 0.6) is 11.5 Å². The SMILES string of the molecule is O=C(NCCCOCCO)c1ccc2c(c1)OCO2. The molecule has 1 aliphatic rings. The molecule has 0 saturated carbocycles. The molecule has 2 rings (SSSR count). The number of benzene rings is 1. The number of amides is 1. The van der Waals surface area contributed by atoms with E-state index in [0.717, 1.165) is 0 Å². The molecule has 0 aliphatic carbocycles. The molecule has 19 heavy (non-hydrogen) atoms. The van der Waals surface area contributed by atoms with Gasteiger partial charge in [0.25, 0.3) is 5.91 Å². The number of rotatable bonds is 7. The standard InChI is InChI=1S/C13H17NO5/c15-5-7-17-6-1-4-14-13(16)10-2-3-11-12(8-10)19-9-18-11/h2-3,8,15H,1,4-7,9H2,(H,14,16). The summed E-state index contributed by atoms with van der Waals surface area (Å²) in [4.78, 5) is 11.8. The highest BCUT2D eigenvalue weighted by molar-refractivity contribution is 5.94. The van der Waals surface area contributed by atoms with Crippen LogP contribution in [0.3, 0.4) is 0 Å². The molecular weight excluding hydrogens is 250 g/mol. The zero-order chi connectivity index (χ0) is 13.5. The van der Waals surface area contributed by atoms with Gasteiger partial charge in [0.05, 0.1) is 13.2 Å². The Balaban J connectivity index is 1.74. The average molecular weight is 267 g/mol. The Morgan fingerprint density at radius 2 is 2.16 bits per heavy atom. The van der Waals surface area contributed by atoms with Gasteiger partial charge in [0.15, 0.2) is 11.5 Å². The number of hydrogen-bond donors (Lipinski definition) is 2. The van der Waals surface area contributed by atoms with E-state index >= 15 is 0 Å². The van der Waals surface area contributed by atoms with Crippen LogP contribution < -0.4 is 14.8 Å². The minimum absolute atomic E-state index is 0.0174. The summed E-state index contributed by atoms with van der Waals surface area (Å²) in [6, 6.07) is 5.09. The lowest BCUT2D eigenvalue weighted by atomic mass is 10.2. The number of hydrogen-bond acceptors (Lipinski definition) is 5. The van der Waals surface area contributed by atoms with E-state index in [1.165, 1.54) is 0 Å². The molecule has 2 N–H and O–H groups in total. The monoisotopic (exact) mass is 267 g/mol. The van der Waals surface area contributed by atoms with Crippen molar-refractivity contribution in [3.05, 3.63) is 23.8 Å². The van der Waals surface area contributed by atoms with Gasteiger partial charge in [-0.2, -0.15) is 0 Å². The Kier molecular flexibility index (Phi) is 5.00. The highest BCUT2D eigenvalue weighted by Gasteiger charge is 2.15. The number of carbonyl (C=O) groups is 1. The summed E-state index contributed by atoms with van der Waals surface area (Å²) < 4.78 is 15.5. The van der Waals surface area contributed by atoms with Crippen LogP contribution in [0.4, 0.5) is 0 Å². The van der Waals surface area contributed by atoms with E-state index in [2.05, 4.69) is 5.32 Å². The second-order valence-electron chi connectivity index (χ2n) is 4.01. The van der Waals surface area contributed by atoms with Crippen molar-refractivity contribution in [2.45, 2.75) is 6.42 Å². The Bertz CT molecular complexity index is 435. The summed E-state index contributed by atoms with van der Waals surface area (Å²) in [6.07, 6.45) is 0.705. The van der Waals surface area contributed by atoms with E-state index in [0.29, 0.717) is 43.2 Å². The van der Waals surface area contributed by atoms with E-state index in [4.69, 9.17) is 19.3 Å². The molecule has 0 fully saturated rings. The van der Waals surface area contributed by atoms with Gasteiger partial charge in [0.2, 0.25) is 6.79 Å². The zero-order valence-electron chi connectivity index (χ0n) is 10.6. The maximum Gasteiger partial charge on any atom is 0.251 e. The second-order valence-corrected chi connectivity index (χ2v) is 4.01. The first-order chi connectivity index (χ1) is 9.31. The third-order valence-corrected chi connectivity index (χ3v) is 2.62. The molecule has 0 atom stereocenters. The van der Waals surface area contributed by atoms with Crippen molar-refractivity contribution in [2.24, 2.45) is 0 Å². The normalized spacial score (nSPS) is 12.5. The van der Waals surface area contributed by atoms with Crippen molar-refractivity contribution < 1.29 is 24.1 Å². The highest BCUT2D eigenvalue weighted by atomic mass is 16.7. The molecule has 1 aliphatic heterocycles. The zero-order valence-corrected chi connectivity index (χ0v) is 10.6.